The van der Waals surface area contributed by atoms with Gasteiger partial charge in [-0.2, -0.15) is 0 Å². The molecule has 2 aliphatic heterocycles. The molecule has 170 valence electrons. The largest absolute Gasteiger partial charge is 0.498 e. The summed E-state index contributed by atoms with van der Waals surface area (Å²) in [4.78, 5) is 51.0. The second-order valence-electron chi connectivity index (χ2n) is 7.70. The number of ether oxygens (including phenoxy) is 2. The van der Waals surface area contributed by atoms with Crippen LogP contribution in [0.4, 0.5) is 4.79 Å². The molecule has 0 radical (unpaired) electrons. The highest BCUT2D eigenvalue weighted by Crippen LogP contribution is 2.32. The summed E-state index contributed by atoms with van der Waals surface area (Å²) in [5.74, 6) is -0.837. The highest BCUT2D eigenvalue weighted by Gasteiger charge is 2.53. The second kappa shape index (κ2) is 8.30. The molecule has 5 amide bonds. The number of benzene rings is 2. The number of carbonyl (C=O) groups is 4. The average Bonchev–Trinajstić information content (AvgIpc) is 3.27. The zero-order valence-electron chi connectivity index (χ0n) is 18.0. The maximum absolute atomic E-state index is 13.1. The average molecular weight is 450 g/mol. The van der Waals surface area contributed by atoms with E-state index >= 15 is 0 Å². The zero-order chi connectivity index (χ0) is 23.8. The van der Waals surface area contributed by atoms with E-state index in [1.165, 1.54) is 31.3 Å². The first-order valence-electron chi connectivity index (χ1n) is 10.0. The molecule has 2 aromatic carbocycles. The SMILES string of the molecule is CO/C(=C\c1ccc(C(N)=O)cc1)[C@]1(CN2Cc3ccc(OC)cc3C2=O)NC(=O)NC1=O. The first-order chi connectivity index (χ1) is 15.8. The van der Waals surface area contributed by atoms with E-state index in [-0.39, 0.29) is 24.8 Å². The molecule has 0 saturated carbocycles. The number of nitrogens with two attached hydrogens (primary N) is 1. The van der Waals surface area contributed by atoms with Crippen molar-refractivity contribution >= 4 is 29.8 Å². The van der Waals surface area contributed by atoms with Crippen molar-refractivity contribution in [2.45, 2.75) is 12.1 Å². The number of nitrogens with zero attached hydrogens (tertiary/aromatic N) is 1. The van der Waals surface area contributed by atoms with Gasteiger partial charge in [-0.3, -0.25) is 19.7 Å². The standard InChI is InChI=1S/C23H22N4O6/c1-32-16-8-7-15-11-27(20(29)17(15)10-16)12-23(21(30)25-22(31)26-23)18(33-2)9-13-3-5-14(6-4-13)19(24)28/h3-10H,11-12H2,1-2H3,(H2,24,28)(H2,25,26,30,31)/b18-9-/t23-/m0/s1. The molecule has 0 aliphatic carbocycles. The van der Waals surface area contributed by atoms with Gasteiger partial charge in [0, 0.05) is 17.7 Å². The van der Waals surface area contributed by atoms with Crippen LogP contribution in [0.3, 0.4) is 0 Å². The van der Waals surface area contributed by atoms with Gasteiger partial charge in [-0.15, -0.1) is 0 Å². The Balaban J connectivity index is 1.69. The zero-order valence-corrected chi connectivity index (χ0v) is 18.0. The number of imide groups is 1. The highest BCUT2D eigenvalue weighted by atomic mass is 16.5. The van der Waals surface area contributed by atoms with Crippen LogP contribution in [-0.2, 0) is 16.1 Å². The van der Waals surface area contributed by atoms with E-state index < -0.39 is 23.4 Å². The van der Waals surface area contributed by atoms with Crippen LogP contribution in [0.5, 0.6) is 5.75 Å². The number of amides is 5. The van der Waals surface area contributed by atoms with Crippen LogP contribution in [0, 0.1) is 0 Å². The van der Waals surface area contributed by atoms with Gasteiger partial charge < -0.3 is 25.4 Å². The molecule has 0 aromatic heterocycles. The van der Waals surface area contributed by atoms with E-state index in [4.69, 9.17) is 15.2 Å². The van der Waals surface area contributed by atoms with Crippen LogP contribution in [0.2, 0.25) is 0 Å². The Morgan fingerprint density at radius 1 is 1.15 bits per heavy atom. The van der Waals surface area contributed by atoms with E-state index in [1.54, 1.807) is 36.4 Å². The van der Waals surface area contributed by atoms with E-state index in [0.29, 0.717) is 22.4 Å². The lowest BCUT2D eigenvalue weighted by molar-refractivity contribution is -0.124. The molecular weight excluding hydrogens is 428 g/mol. The molecule has 10 nitrogen and oxygen atoms in total. The third-order valence-electron chi connectivity index (χ3n) is 5.70. The number of urea groups is 1. The predicted molar refractivity (Wildman–Crippen MR) is 117 cm³/mol. The van der Waals surface area contributed by atoms with Gasteiger partial charge in [-0.1, -0.05) is 18.2 Å². The molecule has 2 aromatic rings. The molecule has 1 saturated heterocycles. The monoisotopic (exact) mass is 450 g/mol. The highest BCUT2D eigenvalue weighted by molar-refractivity contribution is 6.10. The molecular formula is C23H22N4O6. The molecule has 10 heteroatoms. The fourth-order valence-electron chi connectivity index (χ4n) is 3.99. The summed E-state index contributed by atoms with van der Waals surface area (Å²) in [6, 6.07) is 10.8. The minimum Gasteiger partial charge on any atom is -0.498 e. The van der Waals surface area contributed by atoms with Crippen molar-refractivity contribution in [3.05, 3.63) is 70.5 Å². The van der Waals surface area contributed by atoms with Gasteiger partial charge >= 0.3 is 6.03 Å². The van der Waals surface area contributed by atoms with Gasteiger partial charge in [0.1, 0.15) is 11.5 Å². The Hall–Kier alpha value is -4.34. The number of rotatable bonds is 7. The fraction of sp³-hybridized carbons (Fsp3) is 0.217. The van der Waals surface area contributed by atoms with Gasteiger partial charge in [0.2, 0.25) is 5.91 Å². The molecule has 4 N–H and O–H groups in total. The lowest BCUT2D eigenvalue weighted by atomic mass is 9.94. The molecule has 0 spiro atoms. The number of nitrogens with one attached hydrogen (secondary N) is 2. The number of carbonyl (C=O) groups excluding carboxylic acids is 4. The molecule has 2 heterocycles. The lowest BCUT2D eigenvalue weighted by Gasteiger charge is -2.32. The first kappa shape index (κ1) is 21.9. The topological polar surface area (TPSA) is 140 Å². The van der Waals surface area contributed by atoms with Crippen LogP contribution < -0.4 is 21.1 Å². The van der Waals surface area contributed by atoms with Crippen LogP contribution in [0.15, 0.2) is 48.2 Å². The summed E-state index contributed by atoms with van der Waals surface area (Å²) in [7, 11) is 2.88. The molecule has 1 fully saturated rings. The maximum atomic E-state index is 13.1. The predicted octanol–water partition coefficient (Wildman–Crippen LogP) is 1.02. The van der Waals surface area contributed by atoms with Crippen LogP contribution >= 0.6 is 0 Å². The molecule has 4 rings (SSSR count). The Morgan fingerprint density at radius 2 is 1.88 bits per heavy atom. The molecule has 2 aliphatic rings. The van der Waals surface area contributed by atoms with Gasteiger partial charge in [0.15, 0.2) is 5.54 Å². The van der Waals surface area contributed by atoms with Crippen molar-refractivity contribution in [1.82, 2.24) is 15.5 Å². The van der Waals surface area contributed by atoms with Crippen LogP contribution in [0.25, 0.3) is 6.08 Å². The number of primary amides is 1. The Labute approximate surface area is 189 Å². The Kier molecular flexibility index (Phi) is 5.50. The number of methoxy groups -OCH3 is 2. The Morgan fingerprint density at radius 3 is 2.45 bits per heavy atom. The van der Waals surface area contributed by atoms with Gasteiger partial charge in [0.05, 0.1) is 20.8 Å². The van der Waals surface area contributed by atoms with Crippen molar-refractivity contribution in [1.29, 1.82) is 0 Å². The molecule has 1 atom stereocenters. The third kappa shape index (κ3) is 3.86. The summed E-state index contributed by atoms with van der Waals surface area (Å²) in [5, 5.41) is 4.86. The third-order valence-corrected chi connectivity index (χ3v) is 5.70. The van der Waals surface area contributed by atoms with Crippen molar-refractivity contribution in [3.63, 3.8) is 0 Å². The summed E-state index contributed by atoms with van der Waals surface area (Å²) in [6.07, 6.45) is 1.56. The summed E-state index contributed by atoms with van der Waals surface area (Å²) >= 11 is 0. The van der Waals surface area contributed by atoms with Crippen molar-refractivity contribution in [2.75, 3.05) is 20.8 Å². The van der Waals surface area contributed by atoms with E-state index in [2.05, 4.69) is 10.6 Å². The minimum absolute atomic E-state index is 0.124. The van der Waals surface area contributed by atoms with E-state index in [1.807, 2.05) is 0 Å². The van der Waals surface area contributed by atoms with Crippen LogP contribution in [0.1, 0.15) is 31.8 Å². The summed E-state index contributed by atoms with van der Waals surface area (Å²) in [5.41, 5.74) is 5.82. The van der Waals surface area contributed by atoms with Crippen molar-refractivity contribution < 1.29 is 28.7 Å². The molecule has 0 bridgehead atoms. The van der Waals surface area contributed by atoms with Gasteiger partial charge in [-0.25, -0.2) is 4.79 Å². The molecule has 0 unspecified atom stereocenters. The lowest BCUT2D eigenvalue weighted by Crippen LogP contribution is -2.57. The first-order valence-corrected chi connectivity index (χ1v) is 10.0. The van der Waals surface area contributed by atoms with E-state index in [9.17, 15) is 19.2 Å². The number of hydrogen-bond acceptors (Lipinski definition) is 6. The van der Waals surface area contributed by atoms with Crippen LogP contribution in [-0.4, -0.2) is 55.0 Å². The van der Waals surface area contributed by atoms with Crippen molar-refractivity contribution in [3.8, 4) is 5.75 Å². The quantitative estimate of drug-likeness (QED) is 0.425. The minimum atomic E-state index is -1.64. The summed E-state index contributed by atoms with van der Waals surface area (Å²) in [6.45, 7) is 0.104. The second-order valence-corrected chi connectivity index (χ2v) is 7.70. The van der Waals surface area contributed by atoms with Gasteiger partial charge in [-0.05, 0) is 41.5 Å². The van der Waals surface area contributed by atoms with Gasteiger partial charge in [0.25, 0.3) is 11.8 Å². The number of hydrogen-bond donors (Lipinski definition) is 3. The van der Waals surface area contributed by atoms with Crippen molar-refractivity contribution in [2.24, 2.45) is 5.73 Å². The number of fused-ring (bicyclic) bond motifs is 1. The maximum Gasteiger partial charge on any atom is 0.322 e. The normalized spacial score (nSPS) is 19.8. The molecule has 33 heavy (non-hydrogen) atoms. The fourth-order valence-corrected chi connectivity index (χ4v) is 3.99. The Bertz CT molecular complexity index is 1190. The van der Waals surface area contributed by atoms with E-state index in [0.717, 1.165) is 5.56 Å². The summed E-state index contributed by atoms with van der Waals surface area (Å²) < 4.78 is 10.7. The smallest absolute Gasteiger partial charge is 0.322 e.